The van der Waals surface area contributed by atoms with Gasteiger partial charge >= 0.3 is 0 Å². The minimum absolute atomic E-state index is 0.291. The number of hydrogen-bond acceptors (Lipinski definition) is 3. The minimum Gasteiger partial charge on any atom is -0.389 e. The molecule has 0 bridgehead atoms. The van der Waals surface area contributed by atoms with Crippen LogP contribution in [0.3, 0.4) is 0 Å². The van der Waals surface area contributed by atoms with Crippen molar-refractivity contribution in [2.45, 2.75) is 125 Å². The Kier molecular flexibility index (Phi) is 23.2. The number of aliphatic hydroxyl groups is 1. The highest BCUT2D eigenvalue weighted by Gasteiger charge is 2.19. The highest BCUT2D eigenvalue weighted by atomic mass is 16.3. The van der Waals surface area contributed by atoms with Crippen molar-refractivity contribution in [3.8, 4) is 0 Å². The van der Waals surface area contributed by atoms with Crippen LogP contribution in [0.4, 0.5) is 0 Å². The molecule has 0 aromatic carbocycles. The average Bonchev–Trinajstić information content (AvgIpc) is 3.10. The summed E-state index contributed by atoms with van der Waals surface area (Å²) in [5.74, 6) is 1.94. The van der Waals surface area contributed by atoms with Crippen LogP contribution in [0.2, 0.25) is 0 Å². The fourth-order valence-corrected chi connectivity index (χ4v) is 3.21. The molecule has 1 fully saturated rings. The van der Waals surface area contributed by atoms with E-state index < -0.39 is 0 Å². The van der Waals surface area contributed by atoms with Crippen molar-refractivity contribution in [1.82, 2.24) is 0 Å². The second-order valence-electron chi connectivity index (χ2n) is 8.84. The first-order valence-electron chi connectivity index (χ1n) is 12.2. The molecule has 1 rings (SSSR count). The molecule has 2 unspecified atom stereocenters. The van der Waals surface area contributed by atoms with Crippen molar-refractivity contribution >= 4 is 11.6 Å². The van der Waals surface area contributed by atoms with Crippen molar-refractivity contribution in [3.05, 3.63) is 24.3 Å². The third-order valence-corrected chi connectivity index (χ3v) is 4.99. The van der Waals surface area contributed by atoms with Crippen LogP contribution < -0.4 is 0 Å². The summed E-state index contributed by atoms with van der Waals surface area (Å²) < 4.78 is 0. The third-order valence-electron chi connectivity index (χ3n) is 4.99. The molecule has 0 saturated heterocycles. The predicted molar refractivity (Wildman–Crippen MR) is 131 cm³/mol. The van der Waals surface area contributed by atoms with Crippen molar-refractivity contribution in [1.29, 1.82) is 0 Å². The minimum atomic E-state index is -0.313. The normalized spacial score (nSPS) is 17.1. The first-order chi connectivity index (χ1) is 14.3. The van der Waals surface area contributed by atoms with Crippen LogP contribution in [0, 0.1) is 11.8 Å². The van der Waals surface area contributed by atoms with Gasteiger partial charge in [0, 0.05) is 19.3 Å². The van der Waals surface area contributed by atoms with E-state index >= 15 is 0 Å². The molecule has 1 saturated carbocycles. The van der Waals surface area contributed by atoms with Crippen LogP contribution in [-0.2, 0) is 9.59 Å². The molecule has 3 heteroatoms. The standard InChI is InChI=1S/C13H22O2.C8H14O.C6H14/c1-2-3-4-5-12(14)8-6-11-7-9-13(15)10-11;1-3-4-5-6-7-8(2)9;1-4-5-6(2)3/h6,8,11-12,14H,2-5,7,9-10H2,1H3;3-4H,5-7H2,1-2H3;6H,4-5H2,1-3H3/b8-6+;4-3-;. The number of hydrogen-bond donors (Lipinski definition) is 1. The summed E-state index contributed by atoms with van der Waals surface area (Å²) in [5, 5.41) is 9.63. The van der Waals surface area contributed by atoms with E-state index in [9.17, 15) is 14.7 Å². The maximum atomic E-state index is 11.0. The number of ketones is 2. The molecule has 0 radical (unpaired) electrons. The van der Waals surface area contributed by atoms with Crippen LogP contribution in [0.1, 0.15) is 119 Å². The van der Waals surface area contributed by atoms with Crippen LogP contribution >= 0.6 is 0 Å². The maximum Gasteiger partial charge on any atom is 0.133 e. The molecule has 1 N–H and O–H groups in total. The molecule has 0 aromatic rings. The molecule has 2 atom stereocenters. The third kappa shape index (κ3) is 24.8. The molecular formula is C27H50O3. The lowest BCUT2D eigenvalue weighted by Crippen LogP contribution is -2.02. The first kappa shape index (κ1) is 31.0. The van der Waals surface area contributed by atoms with E-state index in [2.05, 4.69) is 33.8 Å². The molecule has 0 amide bonds. The van der Waals surface area contributed by atoms with E-state index in [0.29, 0.717) is 23.9 Å². The molecule has 1 aliphatic rings. The first-order valence-corrected chi connectivity index (χ1v) is 12.2. The molecule has 0 aliphatic heterocycles. The average molecular weight is 423 g/mol. The van der Waals surface area contributed by atoms with Gasteiger partial charge in [0.25, 0.3) is 0 Å². The zero-order valence-electron chi connectivity index (χ0n) is 20.8. The van der Waals surface area contributed by atoms with Gasteiger partial charge in [0.15, 0.2) is 0 Å². The van der Waals surface area contributed by atoms with Gasteiger partial charge in [-0.25, -0.2) is 0 Å². The van der Waals surface area contributed by atoms with Crippen molar-refractivity contribution < 1.29 is 14.7 Å². The van der Waals surface area contributed by atoms with Crippen LogP contribution in [0.15, 0.2) is 24.3 Å². The monoisotopic (exact) mass is 422 g/mol. The van der Waals surface area contributed by atoms with Gasteiger partial charge < -0.3 is 9.90 Å². The van der Waals surface area contributed by atoms with E-state index in [1.165, 1.54) is 25.7 Å². The fraction of sp³-hybridized carbons (Fsp3) is 0.778. The molecule has 0 heterocycles. The van der Waals surface area contributed by atoms with Gasteiger partial charge in [0.05, 0.1) is 6.10 Å². The second kappa shape index (κ2) is 22.5. The van der Waals surface area contributed by atoms with Gasteiger partial charge in [-0.3, -0.25) is 4.79 Å². The number of unbranched alkanes of at least 4 members (excludes halogenated alkanes) is 3. The summed E-state index contributed by atoms with van der Waals surface area (Å²) in [6, 6.07) is 0. The van der Waals surface area contributed by atoms with Gasteiger partial charge in [0.1, 0.15) is 11.6 Å². The fourth-order valence-electron chi connectivity index (χ4n) is 3.21. The van der Waals surface area contributed by atoms with E-state index in [4.69, 9.17) is 0 Å². The lowest BCUT2D eigenvalue weighted by Gasteiger charge is -2.06. The van der Waals surface area contributed by atoms with Gasteiger partial charge in [0.2, 0.25) is 0 Å². The summed E-state index contributed by atoms with van der Waals surface area (Å²) >= 11 is 0. The van der Waals surface area contributed by atoms with E-state index in [0.717, 1.165) is 50.9 Å². The highest BCUT2D eigenvalue weighted by Crippen LogP contribution is 2.23. The van der Waals surface area contributed by atoms with Crippen molar-refractivity contribution in [2.24, 2.45) is 11.8 Å². The van der Waals surface area contributed by atoms with E-state index in [1.54, 1.807) is 6.92 Å². The Morgan fingerprint density at radius 3 is 2.27 bits per heavy atom. The largest absolute Gasteiger partial charge is 0.389 e. The molecular weight excluding hydrogens is 372 g/mol. The molecule has 0 spiro atoms. The predicted octanol–water partition coefficient (Wildman–Crippen LogP) is 7.62. The van der Waals surface area contributed by atoms with Gasteiger partial charge in [-0.05, 0) is 51.4 Å². The van der Waals surface area contributed by atoms with E-state index in [-0.39, 0.29) is 6.10 Å². The zero-order chi connectivity index (χ0) is 23.2. The summed E-state index contributed by atoms with van der Waals surface area (Å²) in [4.78, 5) is 21.4. The Morgan fingerprint density at radius 2 is 1.83 bits per heavy atom. The van der Waals surface area contributed by atoms with Crippen molar-refractivity contribution in [2.75, 3.05) is 0 Å². The number of carbonyl (C=O) groups is 2. The van der Waals surface area contributed by atoms with Crippen LogP contribution in [0.25, 0.3) is 0 Å². The Hall–Kier alpha value is -1.22. The number of Topliss-reactive ketones (excluding diaryl/α,β-unsaturated/α-hetero) is 2. The molecule has 3 nitrogen and oxygen atoms in total. The lowest BCUT2D eigenvalue weighted by molar-refractivity contribution is -0.118. The van der Waals surface area contributed by atoms with Gasteiger partial charge in [-0.1, -0.05) is 84.1 Å². The Bertz CT molecular complexity index is 463. The van der Waals surface area contributed by atoms with E-state index in [1.807, 2.05) is 25.2 Å². The lowest BCUT2D eigenvalue weighted by atomic mass is 10.0. The number of allylic oxidation sites excluding steroid dienone is 3. The molecule has 0 aromatic heterocycles. The maximum absolute atomic E-state index is 11.0. The molecule has 176 valence electrons. The highest BCUT2D eigenvalue weighted by molar-refractivity contribution is 5.80. The van der Waals surface area contributed by atoms with Crippen LogP contribution in [-0.4, -0.2) is 22.8 Å². The Balaban J connectivity index is 0. The Labute approximate surface area is 187 Å². The zero-order valence-corrected chi connectivity index (χ0v) is 20.8. The summed E-state index contributed by atoms with van der Waals surface area (Å²) in [7, 11) is 0. The smallest absolute Gasteiger partial charge is 0.133 e. The topological polar surface area (TPSA) is 54.4 Å². The molecule has 30 heavy (non-hydrogen) atoms. The van der Waals surface area contributed by atoms with Gasteiger partial charge in [-0.2, -0.15) is 0 Å². The van der Waals surface area contributed by atoms with Crippen molar-refractivity contribution in [3.63, 3.8) is 0 Å². The SMILES string of the molecule is C/C=C\CCCC(C)=O.CCCC(C)C.CCCCCC(O)/C=C/C1CCC(=O)C1. The van der Waals surface area contributed by atoms with Gasteiger partial charge in [-0.15, -0.1) is 0 Å². The summed E-state index contributed by atoms with van der Waals surface area (Å²) in [5.41, 5.74) is 0. The molecule has 1 aliphatic carbocycles. The second-order valence-corrected chi connectivity index (χ2v) is 8.84. The van der Waals surface area contributed by atoms with Crippen LogP contribution in [0.5, 0.6) is 0 Å². The Morgan fingerprint density at radius 1 is 1.13 bits per heavy atom. The quantitative estimate of drug-likeness (QED) is 0.260. The number of carbonyl (C=O) groups excluding carboxylic acids is 2. The summed E-state index contributed by atoms with van der Waals surface area (Å²) in [6.07, 6.45) is 19.8. The summed E-state index contributed by atoms with van der Waals surface area (Å²) in [6.45, 7) is 12.5. The number of rotatable bonds is 12. The number of aliphatic hydroxyl groups excluding tert-OH is 1.